The van der Waals surface area contributed by atoms with Gasteiger partial charge in [-0.1, -0.05) is 30.3 Å². The third kappa shape index (κ3) is 2.03. The van der Waals surface area contributed by atoms with Crippen molar-refractivity contribution in [1.29, 1.82) is 0 Å². The zero-order valence-corrected chi connectivity index (χ0v) is 6.74. The molecule has 0 amide bonds. The first-order valence-corrected chi connectivity index (χ1v) is 3.66. The molecule has 0 saturated carbocycles. The summed E-state index contributed by atoms with van der Waals surface area (Å²) in [5.74, 6) is -2.58. The Morgan fingerprint density at radius 1 is 1.33 bits per heavy atom. The van der Waals surface area contributed by atoms with Gasteiger partial charge in [0.2, 0.25) is 5.85 Å². The maximum absolute atomic E-state index is 12.8. The zero-order chi connectivity index (χ0) is 9.19. The Labute approximate surface area is 70.3 Å². The summed E-state index contributed by atoms with van der Waals surface area (Å²) in [4.78, 5) is 0. The minimum absolute atomic E-state index is 0.366. The minimum atomic E-state index is -2.58. The number of alkyl halides is 1. The van der Waals surface area contributed by atoms with Crippen LogP contribution in [0.2, 0.25) is 0 Å². The molecule has 0 fully saturated rings. The molecule has 1 aromatic carbocycles. The van der Waals surface area contributed by atoms with Gasteiger partial charge in [0.05, 0.1) is 0 Å². The Hall–Kier alpha value is -0.930. The Kier molecular flexibility index (Phi) is 2.45. The lowest BCUT2D eigenvalue weighted by Crippen LogP contribution is -2.26. The highest BCUT2D eigenvalue weighted by atomic mass is 19.2. The molecule has 1 aromatic rings. The predicted molar refractivity (Wildman–Crippen MR) is 43.1 cm³/mol. The molecule has 0 spiro atoms. The van der Waals surface area contributed by atoms with Gasteiger partial charge in [-0.25, -0.2) is 4.39 Å². The number of hydrogen-bond acceptors (Lipinski definition) is 2. The Morgan fingerprint density at radius 3 is 2.25 bits per heavy atom. The first-order chi connectivity index (χ1) is 5.52. The first-order valence-electron chi connectivity index (χ1n) is 3.66. The van der Waals surface area contributed by atoms with Crippen LogP contribution in [0.1, 0.15) is 18.6 Å². The molecule has 0 radical (unpaired) electrons. The molecular weight excluding hydrogens is 159 g/mol. The molecule has 2 nitrogen and oxygen atoms in total. The van der Waals surface area contributed by atoms with Crippen LogP contribution in [0.5, 0.6) is 0 Å². The number of halogens is 1. The van der Waals surface area contributed by atoms with E-state index >= 15 is 0 Å². The number of aliphatic hydroxyl groups is 2. The molecule has 0 heterocycles. The molecule has 12 heavy (non-hydrogen) atoms. The van der Waals surface area contributed by atoms with Crippen LogP contribution in [0.15, 0.2) is 30.3 Å². The van der Waals surface area contributed by atoms with Crippen LogP contribution in [0.25, 0.3) is 0 Å². The van der Waals surface area contributed by atoms with Crippen LogP contribution in [-0.2, 0) is 0 Å². The quantitative estimate of drug-likeness (QED) is 0.704. The van der Waals surface area contributed by atoms with E-state index in [1.54, 1.807) is 30.3 Å². The fourth-order valence-corrected chi connectivity index (χ4v) is 0.940. The van der Waals surface area contributed by atoms with E-state index in [1.807, 2.05) is 0 Å². The van der Waals surface area contributed by atoms with Crippen LogP contribution in [0.3, 0.4) is 0 Å². The second kappa shape index (κ2) is 3.21. The molecule has 2 N–H and O–H groups in total. The highest BCUT2D eigenvalue weighted by Crippen LogP contribution is 2.25. The van der Waals surface area contributed by atoms with Gasteiger partial charge in [0, 0.05) is 0 Å². The lowest BCUT2D eigenvalue weighted by Gasteiger charge is -2.20. The summed E-state index contributed by atoms with van der Waals surface area (Å²) >= 11 is 0. The van der Waals surface area contributed by atoms with E-state index in [9.17, 15) is 9.50 Å². The molecule has 0 aliphatic heterocycles. The normalized spacial score (nSPS) is 18.3. The van der Waals surface area contributed by atoms with Gasteiger partial charge in [-0.15, -0.1) is 0 Å². The van der Waals surface area contributed by atoms with E-state index in [-0.39, 0.29) is 0 Å². The van der Waals surface area contributed by atoms with Crippen LogP contribution in [-0.4, -0.2) is 16.1 Å². The number of rotatable bonds is 2. The van der Waals surface area contributed by atoms with Gasteiger partial charge in [0.15, 0.2) is 0 Å². The van der Waals surface area contributed by atoms with E-state index in [2.05, 4.69) is 0 Å². The fourth-order valence-electron chi connectivity index (χ4n) is 0.940. The van der Waals surface area contributed by atoms with E-state index in [0.717, 1.165) is 6.92 Å². The number of aliphatic hydroxyl groups excluding tert-OH is 1. The van der Waals surface area contributed by atoms with E-state index in [1.165, 1.54) is 0 Å². The lowest BCUT2D eigenvalue weighted by atomic mass is 10.0. The Balaban J connectivity index is 2.86. The summed E-state index contributed by atoms with van der Waals surface area (Å²) in [6, 6.07) is 8.20. The van der Waals surface area contributed by atoms with Crippen LogP contribution < -0.4 is 0 Å². The van der Waals surface area contributed by atoms with Crippen LogP contribution >= 0.6 is 0 Å². The Bertz CT molecular complexity index is 240. The summed E-state index contributed by atoms with van der Waals surface area (Å²) in [6.45, 7) is 0.921. The second-order valence-electron chi connectivity index (χ2n) is 2.84. The third-order valence-electron chi connectivity index (χ3n) is 1.61. The van der Waals surface area contributed by atoms with Crippen molar-refractivity contribution in [1.82, 2.24) is 0 Å². The molecule has 3 heteroatoms. The largest absolute Gasteiger partial charge is 0.382 e. The summed E-state index contributed by atoms with van der Waals surface area (Å²) in [5.41, 5.74) is 0.366. The van der Waals surface area contributed by atoms with Gasteiger partial charge < -0.3 is 10.2 Å². The van der Waals surface area contributed by atoms with Crippen LogP contribution in [0.4, 0.5) is 4.39 Å². The lowest BCUT2D eigenvalue weighted by molar-refractivity contribution is -0.157. The standard InChI is InChI=1S/C9H11FO2/c1-9(10,12)8(11)7-5-3-2-4-6-7/h2-6,8,11-12H,1H3/t8-,9+/m0/s1. The number of hydrogen-bond donors (Lipinski definition) is 2. The summed E-state index contributed by atoms with van der Waals surface area (Å²) < 4.78 is 12.8. The van der Waals surface area contributed by atoms with Crippen molar-refractivity contribution in [2.45, 2.75) is 18.9 Å². The summed E-state index contributed by atoms with van der Waals surface area (Å²) in [5, 5.41) is 18.1. The minimum Gasteiger partial charge on any atom is -0.382 e. The molecule has 0 aliphatic rings. The van der Waals surface area contributed by atoms with Crippen LogP contribution in [0, 0.1) is 0 Å². The smallest absolute Gasteiger partial charge is 0.234 e. The Morgan fingerprint density at radius 2 is 1.83 bits per heavy atom. The van der Waals surface area contributed by atoms with E-state index < -0.39 is 12.0 Å². The number of benzene rings is 1. The van der Waals surface area contributed by atoms with Gasteiger partial charge in [0.25, 0.3) is 0 Å². The van der Waals surface area contributed by atoms with Gasteiger partial charge >= 0.3 is 0 Å². The summed E-state index contributed by atoms with van der Waals surface area (Å²) in [7, 11) is 0. The average Bonchev–Trinajstić information content (AvgIpc) is 2.03. The fraction of sp³-hybridized carbons (Fsp3) is 0.333. The molecule has 0 bridgehead atoms. The van der Waals surface area contributed by atoms with Gasteiger partial charge in [-0.05, 0) is 12.5 Å². The van der Waals surface area contributed by atoms with E-state index in [0.29, 0.717) is 5.56 Å². The van der Waals surface area contributed by atoms with Crippen molar-refractivity contribution in [3.05, 3.63) is 35.9 Å². The first kappa shape index (κ1) is 9.16. The second-order valence-corrected chi connectivity index (χ2v) is 2.84. The van der Waals surface area contributed by atoms with Gasteiger partial charge in [0.1, 0.15) is 6.10 Å². The SMILES string of the molecule is C[C@](O)(F)[C@@H](O)c1ccccc1. The highest BCUT2D eigenvalue weighted by Gasteiger charge is 2.30. The molecule has 0 aromatic heterocycles. The molecule has 0 aliphatic carbocycles. The monoisotopic (exact) mass is 170 g/mol. The van der Waals surface area contributed by atoms with Gasteiger partial charge in [-0.3, -0.25) is 0 Å². The van der Waals surface area contributed by atoms with E-state index in [4.69, 9.17) is 5.11 Å². The van der Waals surface area contributed by atoms with Crippen molar-refractivity contribution in [2.24, 2.45) is 0 Å². The van der Waals surface area contributed by atoms with Gasteiger partial charge in [-0.2, -0.15) is 0 Å². The summed E-state index contributed by atoms with van der Waals surface area (Å²) in [6.07, 6.45) is -1.49. The van der Waals surface area contributed by atoms with Crippen molar-refractivity contribution in [3.8, 4) is 0 Å². The van der Waals surface area contributed by atoms with Crippen molar-refractivity contribution in [3.63, 3.8) is 0 Å². The topological polar surface area (TPSA) is 40.5 Å². The average molecular weight is 170 g/mol. The van der Waals surface area contributed by atoms with Crippen molar-refractivity contribution in [2.75, 3.05) is 0 Å². The third-order valence-corrected chi connectivity index (χ3v) is 1.61. The zero-order valence-electron chi connectivity index (χ0n) is 6.74. The predicted octanol–water partition coefficient (Wildman–Crippen LogP) is 1.40. The van der Waals surface area contributed by atoms with Crippen molar-refractivity contribution >= 4 is 0 Å². The maximum Gasteiger partial charge on any atom is 0.234 e. The highest BCUT2D eigenvalue weighted by molar-refractivity contribution is 5.18. The molecule has 0 unspecified atom stereocenters. The maximum atomic E-state index is 12.8. The molecule has 66 valence electrons. The molecular formula is C9H11FO2. The molecule has 2 atom stereocenters. The molecule has 1 rings (SSSR count). The molecule has 0 saturated heterocycles. The van der Waals surface area contributed by atoms with Crippen molar-refractivity contribution < 1.29 is 14.6 Å².